The van der Waals surface area contributed by atoms with Crippen LogP contribution in [0.1, 0.15) is 26.1 Å². The van der Waals surface area contributed by atoms with Gasteiger partial charge in [-0.1, -0.05) is 25.4 Å². The van der Waals surface area contributed by atoms with Crippen LogP contribution in [-0.4, -0.2) is 27.7 Å². The van der Waals surface area contributed by atoms with Gasteiger partial charge in [0.15, 0.2) is 0 Å². The van der Waals surface area contributed by atoms with E-state index in [0.717, 1.165) is 6.42 Å². The number of rotatable bonds is 5. The maximum atomic E-state index is 9.24. The van der Waals surface area contributed by atoms with Gasteiger partial charge in [0, 0.05) is 6.07 Å². The molecule has 1 aromatic heterocycles. The highest BCUT2D eigenvalue weighted by atomic mass is 35.5. The highest BCUT2D eigenvalue weighted by Crippen LogP contribution is 2.14. The summed E-state index contributed by atoms with van der Waals surface area (Å²) in [5.41, 5.74) is 0. The van der Waals surface area contributed by atoms with E-state index in [1.54, 1.807) is 13.0 Å². The van der Waals surface area contributed by atoms with Gasteiger partial charge in [0.1, 0.15) is 16.8 Å². The van der Waals surface area contributed by atoms with Gasteiger partial charge >= 0.3 is 0 Å². The third kappa shape index (κ3) is 4.33. The van der Waals surface area contributed by atoms with Gasteiger partial charge in [-0.05, 0) is 19.3 Å². The van der Waals surface area contributed by atoms with Crippen LogP contribution in [0, 0.1) is 12.8 Å². The van der Waals surface area contributed by atoms with E-state index in [1.165, 1.54) is 0 Å². The first-order valence-corrected chi connectivity index (χ1v) is 5.77. The van der Waals surface area contributed by atoms with Crippen molar-refractivity contribution in [3.8, 4) is 0 Å². The molecule has 0 aromatic carbocycles. The molecule has 1 aromatic rings. The number of nitrogens with one attached hydrogen (secondary N) is 1. The SMILES string of the molecule is Cc1nc(Cl)cc(N[C@H](CO)CC(C)C)n1. The Kier molecular flexibility index (Phi) is 4.96. The molecule has 0 spiro atoms. The second-order valence-electron chi connectivity index (χ2n) is 4.28. The van der Waals surface area contributed by atoms with Crippen molar-refractivity contribution in [2.45, 2.75) is 33.2 Å². The van der Waals surface area contributed by atoms with Crippen molar-refractivity contribution in [1.82, 2.24) is 9.97 Å². The zero-order valence-electron chi connectivity index (χ0n) is 9.87. The Morgan fingerprint density at radius 1 is 1.44 bits per heavy atom. The van der Waals surface area contributed by atoms with Crippen molar-refractivity contribution in [2.75, 3.05) is 11.9 Å². The lowest BCUT2D eigenvalue weighted by Gasteiger charge is -2.18. The number of nitrogens with zero attached hydrogens (tertiary/aromatic N) is 2. The molecule has 0 saturated carbocycles. The van der Waals surface area contributed by atoms with E-state index in [4.69, 9.17) is 11.6 Å². The van der Waals surface area contributed by atoms with Crippen LogP contribution >= 0.6 is 11.6 Å². The van der Waals surface area contributed by atoms with Gasteiger partial charge in [-0.25, -0.2) is 9.97 Å². The summed E-state index contributed by atoms with van der Waals surface area (Å²) >= 11 is 5.83. The van der Waals surface area contributed by atoms with Gasteiger partial charge in [-0.15, -0.1) is 0 Å². The number of aromatic nitrogens is 2. The Morgan fingerprint density at radius 2 is 2.12 bits per heavy atom. The van der Waals surface area contributed by atoms with E-state index in [9.17, 15) is 5.11 Å². The Hall–Kier alpha value is -0.870. The number of aliphatic hydroxyl groups excluding tert-OH is 1. The van der Waals surface area contributed by atoms with E-state index < -0.39 is 0 Å². The van der Waals surface area contributed by atoms with Crippen LogP contribution in [0.3, 0.4) is 0 Å². The first-order chi connectivity index (χ1) is 7.51. The highest BCUT2D eigenvalue weighted by molar-refractivity contribution is 6.29. The van der Waals surface area contributed by atoms with Gasteiger partial charge in [0.25, 0.3) is 0 Å². The lowest BCUT2D eigenvalue weighted by molar-refractivity contribution is 0.259. The molecular weight excluding hydrogens is 226 g/mol. The second-order valence-corrected chi connectivity index (χ2v) is 4.66. The minimum atomic E-state index is 0.00497. The van der Waals surface area contributed by atoms with Gasteiger partial charge in [0.05, 0.1) is 12.6 Å². The molecule has 0 fully saturated rings. The van der Waals surface area contributed by atoms with Crippen molar-refractivity contribution in [3.05, 3.63) is 17.0 Å². The van der Waals surface area contributed by atoms with Crippen LogP contribution in [-0.2, 0) is 0 Å². The minimum Gasteiger partial charge on any atom is -0.394 e. The molecule has 0 unspecified atom stereocenters. The van der Waals surface area contributed by atoms with Crippen LogP contribution in [0.15, 0.2) is 6.07 Å². The third-order valence-electron chi connectivity index (χ3n) is 2.14. The summed E-state index contributed by atoms with van der Waals surface area (Å²) in [4.78, 5) is 8.19. The molecule has 0 radical (unpaired) electrons. The third-order valence-corrected chi connectivity index (χ3v) is 2.33. The molecule has 2 N–H and O–H groups in total. The fraction of sp³-hybridized carbons (Fsp3) is 0.636. The summed E-state index contributed by atoms with van der Waals surface area (Å²) in [6.45, 7) is 6.09. The summed E-state index contributed by atoms with van der Waals surface area (Å²) in [6, 6.07) is 1.67. The van der Waals surface area contributed by atoms with Crippen molar-refractivity contribution >= 4 is 17.4 Å². The first kappa shape index (κ1) is 13.2. The number of hydrogen-bond donors (Lipinski definition) is 2. The first-order valence-electron chi connectivity index (χ1n) is 5.40. The van der Waals surface area contributed by atoms with Crippen LogP contribution in [0.2, 0.25) is 5.15 Å². The molecule has 1 heterocycles. The molecule has 0 aliphatic carbocycles. The van der Waals surface area contributed by atoms with Crippen molar-refractivity contribution < 1.29 is 5.11 Å². The summed E-state index contributed by atoms with van der Waals surface area (Å²) in [5, 5.41) is 12.8. The van der Waals surface area contributed by atoms with Crippen LogP contribution in [0.4, 0.5) is 5.82 Å². The van der Waals surface area contributed by atoms with Gasteiger partial charge < -0.3 is 10.4 Å². The normalized spacial score (nSPS) is 12.9. The molecule has 1 rings (SSSR count). The Balaban J connectivity index is 2.69. The van der Waals surface area contributed by atoms with Crippen molar-refractivity contribution in [3.63, 3.8) is 0 Å². The Bertz CT molecular complexity index is 324. The molecule has 0 saturated heterocycles. The predicted octanol–water partition coefficient (Wildman–Crippen LogP) is 2.26. The fourth-order valence-corrected chi connectivity index (χ4v) is 1.79. The molecule has 0 aliphatic rings. The number of aliphatic hydroxyl groups is 1. The summed E-state index contributed by atoms with van der Waals surface area (Å²) in [5.74, 6) is 1.80. The molecule has 5 heteroatoms. The molecule has 0 aliphatic heterocycles. The number of halogens is 1. The maximum absolute atomic E-state index is 9.24. The molecule has 0 bridgehead atoms. The van der Waals surface area contributed by atoms with E-state index in [2.05, 4.69) is 29.1 Å². The average Bonchev–Trinajstić information content (AvgIpc) is 2.14. The number of hydrogen-bond acceptors (Lipinski definition) is 4. The maximum Gasteiger partial charge on any atom is 0.134 e. The lowest BCUT2D eigenvalue weighted by atomic mass is 10.0. The summed E-state index contributed by atoms with van der Waals surface area (Å²) < 4.78 is 0. The van der Waals surface area contributed by atoms with E-state index >= 15 is 0 Å². The number of aryl methyl sites for hydroxylation is 1. The van der Waals surface area contributed by atoms with Gasteiger partial charge in [-0.2, -0.15) is 0 Å². The standard InChI is InChI=1S/C11H18ClN3O/c1-7(2)4-9(6-16)15-11-5-10(12)13-8(3)14-11/h5,7,9,16H,4,6H2,1-3H3,(H,13,14,15)/t9-/m0/s1. The van der Waals surface area contributed by atoms with Gasteiger partial charge in [0.2, 0.25) is 0 Å². The van der Waals surface area contributed by atoms with Crippen LogP contribution in [0.25, 0.3) is 0 Å². The quantitative estimate of drug-likeness (QED) is 0.779. The van der Waals surface area contributed by atoms with Gasteiger partial charge in [-0.3, -0.25) is 0 Å². The molecular formula is C11H18ClN3O. The second kappa shape index (κ2) is 6.01. The molecule has 1 atom stereocenters. The molecule has 4 nitrogen and oxygen atoms in total. The molecule has 90 valence electrons. The zero-order chi connectivity index (χ0) is 12.1. The zero-order valence-corrected chi connectivity index (χ0v) is 10.6. The highest BCUT2D eigenvalue weighted by Gasteiger charge is 2.10. The monoisotopic (exact) mass is 243 g/mol. The van der Waals surface area contributed by atoms with E-state index in [-0.39, 0.29) is 12.6 Å². The summed E-state index contributed by atoms with van der Waals surface area (Å²) in [7, 11) is 0. The Labute approximate surface area is 101 Å². The molecule has 0 amide bonds. The van der Waals surface area contributed by atoms with Crippen LogP contribution < -0.4 is 5.32 Å². The Morgan fingerprint density at radius 3 is 2.62 bits per heavy atom. The average molecular weight is 244 g/mol. The smallest absolute Gasteiger partial charge is 0.134 e. The number of anilines is 1. The fourth-order valence-electron chi connectivity index (χ4n) is 1.56. The minimum absolute atomic E-state index is 0.00497. The van der Waals surface area contributed by atoms with Crippen molar-refractivity contribution in [1.29, 1.82) is 0 Å². The predicted molar refractivity (Wildman–Crippen MR) is 65.7 cm³/mol. The van der Waals surface area contributed by atoms with E-state index in [1.807, 2.05) is 0 Å². The lowest BCUT2D eigenvalue weighted by Crippen LogP contribution is -2.26. The topological polar surface area (TPSA) is 58.0 Å². The molecule has 16 heavy (non-hydrogen) atoms. The van der Waals surface area contributed by atoms with E-state index in [0.29, 0.717) is 22.7 Å². The van der Waals surface area contributed by atoms with Crippen molar-refractivity contribution in [2.24, 2.45) is 5.92 Å². The largest absolute Gasteiger partial charge is 0.394 e. The summed E-state index contributed by atoms with van der Waals surface area (Å²) in [6.07, 6.45) is 0.886. The van der Waals surface area contributed by atoms with Crippen LogP contribution in [0.5, 0.6) is 0 Å².